The average Bonchev–Trinajstić information content (AvgIpc) is 2.70. The van der Waals surface area contributed by atoms with E-state index in [1.165, 1.54) is 19.8 Å². The molecule has 5 heteroatoms. The highest BCUT2D eigenvalue weighted by Gasteiger charge is 2.53. The lowest BCUT2D eigenvalue weighted by Crippen LogP contribution is -2.55. The van der Waals surface area contributed by atoms with Crippen LogP contribution in [0.5, 0.6) is 0 Å². The normalized spacial score (nSPS) is 32.0. The molecule has 3 atom stereocenters. The van der Waals surface area contributed by atoms with Gasteiger partial charge in [0.2, 0.25) is 5.78 Å². The summed E-state index contributed by atoms with van der Waals surface area (Å²) >= 11 is 0. The van der Waals surface area contributed by atoms with Gasteiger partial charge in [-0.3, -0.25) is 4.79 Å². The van der Waals surface area contributed by atoms with Gasteiger partial charge in [-0.25, -0.2) is 0 Å². The summed E-state index contributed by atoms with van der Waals surface area (Å²) in [5.74, 6) is -0.569. The molecule has 0 saturated carbocycles. The van der Waals surface area contributed by atoms with Gasteiger partial charge in [0, 0.05) is 0 Å². The Morgan fingerprint density at radius 2 is 1.95 bits per heavy atom. The van der Waals surface area contributed by atoms with Crippen LogP contribution in [0.2, 0.25) is 0 Å². The molecule has 0 aromatic carbocycles. The second-order valence-corrected chi connectivity index (χ2v) is 5.99. The zero-order chi connectivity index (χ0) is 15.6. The van der Waals surface area contributed by atoms with Crippen LogP contribution in [0.1, 0.15) is 52.4 Å². The lowest BCUT2D eigenvalue weighted by atomic mass is 9.82. The highest BCUT2D eigenvalue weighted by Crippen LogP contribution is 2.40. The molecule has 0 fully saturated rings. The van der Waals surface area contributed by atoms with Crippen molar-refractivity contribution in [2.75, 3.05) is 0 Å². The van der Waals surface area contributed by atoms with Gasteiger partial charge in [0.15, 0.2) is 5.76 Å². The number of ketones is 1. The number of carbonyl (C=O) groups is 1. The molecule has 0 saturated heterocycles. The number of unbranched alkanes of at least 4 members (excludes halogenated alkanes) is 4. The number of ether oxygens (including phenoxy) is 2. The third-order valence-electron chi connectivity index (χ3n) is 4.23. The number of hydrogen-bond donors (Lipinski definition) is 2. The van der Waals surface area contributed by atoms with Crippen LogP contribution in [0.25, 0.3) is 0 Å². The lowest BCUT2D eigenvalue weighted by Gasteiger charge is -2.40. The Bertz CT molecular complexity index is 463. The minimum absolute atomic E-state index is 0.00239. The second-order valence-electron chi connectivity index (χ2n) is 5.99. The first-order chi connectivity index (χ1) is 9.89. The number of carbonyl (C=O) groups excluding carboxylic acids is 1. The molecule has 2 heterocycles. The van der Waals surface area contributed by atoms with E-state index in [2.05, 4.69) is 13.5 Å². The van der Waals surface area contributed by atoms with E-state index in [1.807, 2.05) is 0 Å². The van der Waals surface area contributed by atoms with E-state index in [0.29, 0.717) is 6.42 Å². The zero-order valence-electron chi connectivity index (χ0n) is 12.7. The third kappa shape index (κ3) is 2.99. The molecule has 21 heavy (non-hydrogen) atoms. The summed E-state index contributed by atoms with van der Waals surface area (Å²) in [7, 11) is 0. The summed E-state index contributed by atoms with van der Waals surface area (Å²) in [5.41, 5.74) is -1.53. The Balaban J connectivity index is 2.03. The Morgan fingerprint density at radius 3 is 2.62 bits per heavy atom. The minimum atomic E-state index is -1.51. The van der Waals surface area contributed by atoms with Crippen molar-refractivity contribution in [3.05, 3.63) is 23.9 Å². The predicted molar refractivity (Wildman–Crippen MR) is 77.1 cm³/mol. The smallest absolute Gasteiger partial charge is 0.295 e. The molecule has 2 aliphatic heterocycles. The van der Waals surface area contributed by atoms with Gasteiger partial charge in [-0.1, -0.05) is 39.2 Å². The van der Waals surface area contributed by atoms with E-state index < -0.39 is 23.6 Å². The summed E-state index contributed by atoms with van der Waals surface area (Å²) in [6.45, 7) is 7.12. The lowest BCUT2D eigenvalue weighted by molar-refractivity contribution is -0.166. The van der Waals surface area contributed by atoms with Gasteiger partial charge < -0.3 is 19.7 Å². The number of rotatable bonds is 6. The van der Waals surface area contributed by atoms with Gasteiger partial charge in [-0.05, 0) is 19.8 Å². The van der Waals surface area contributed by atoms with Crippen LogP contribution in [0.15, 0.2) is 23.9 Å². The van der Waals surface area contributed by atoms with Crippen molar-refractivity contribution in [1.29, 1.82) is 0 Å². The molecule has 0 unspecified atom stereocenters. The number of hydrogen-bond acceptors (Lipinski definition) is 5. The maximum atomic E-state index is 11.8. The predicted octanol–water partition coefficient (Wildman–Crippen LogP) is 2.18. The van der Waals surface area contributed by atoms with E-state index in [0.717, 1.165) is 19.3 Å². The monoisotopic (exact) mass is 296 g/mol. The van der Waals surface area contributed by atoms with Gasteiger partial charge in [-0.15, -0.1) is 0 Å². The quantitative estimate of drug-likeness (QED) is 0.580. The van der Waals surface area contributed by atoms with Crippen LogP contribution in [-0.4, -0.2) is 33.8 Å². The van der Waals surface area contributed by atoms with Crippen molar-refractivity contribution in [3.8, 4) is 0 Å². The highest BCUT2D eigenvalue weighted by molar-refractivity contribution is 6.09. The Morgan fingerprint density at radius 1 is 1.29 bits per heavy atom. The van der Waals surface area contributed by atoms with Crippen LogP contribution < -0.4 is 0 Å². The SMILES string of the molecule is C=C1OC2=C(C1=O)[C@@H](O)[C@@](C)(O)[C@@H](CCCCCCC)O2. The molecule has 0 aromatic rings. The maximum absolute atomic E-state index is 11.8. The molecule has 0 amide bonds. The number of aliphatic hydroxyl groups excluding tert-OH is 1. The first-order valence-electron chi connectivity index (χ1n) is 7.62. The fraction of sp³-hybridized carbons (Fsp3) is 0.688. The Kier molecular flexibility index (Phi) is 4.74. The van der Waals surface area contributed by atoms with Crippen LogP contribution in [0.4, 0.5) is 0 Å². The minimum Gasteiger partial charge on any atom is -0.458 e. The zero-order valence-corrected chi connectivity index (χ0v) is 12.7. The number of allylic oxidation sites excluding steroid dienone is 1. The fourth-order valence-corrected chi connectivity index (χ4v) is 2.78. The highest BCUT2D eigenvalue weighted by atomic mass is 16.7. The third-order valence-corrected chi connectivity index (χ3v) is 4.23. The van der Waals surface area contributed by atoms with Crippen LogP contribution in [0.3, 0.4) is 0 Å². The number of Topliss-reactive ketones (excluding diaryl/α,β-unsaturated/α-hetero) is 1. The van der Waals surface area contributed by atoms with Crippen molar-refractivity contribution < 1.29 is 24.5 Å². The van der Waals surface area contributed by atoms with Crippen LogP contribution in [0, 0.1) is 0 Å². The van der Waals surface area contributed by atoms with Gasteiger partial charge in [-0.2, -0.15) is 0 Å². The van der Waals surface area contributed by atoms with Crippen LogP contribution >= 0.6 is 0 Å². The molecular formula is C16H24O5. The van der Waals surface area contributed by atoms with Crippen molar-refractivity contribution >= 4 is 5.78 Å². The van der Waals surface area contributed by atoms with Crippen molar-refractivity contribution in [2.45, 2.75) is 70.2 Å². The van der Waals surface area contributed by atoms with Crippen molar-refractivity contribution in [2.24, 2.45) is 0 Å². The molecule has 2 N–H and O–H groups in total. The van der Waals surface area contributed by atoms with Gasteiger partial charge >= 0.3 is 0 Å². The van der Waals surface area contributed by atoms with E-state index in [1.54, 1.807) is 0 Å². The van der Waals surface area contributed by atoms with E-state index in [9.17, 15) is 15.0 Å². The maximum Gasteiger partial charge on any atom is 0.295 e. The molecule has 2 aliphatic rings. The Hall–Kier alpha value is -1.33. The fourth-order valence-electron chi connectivity index (χ4n) is 2.78. The van der Waals surface area contributed by atoms with E-state index in [4.69, 9.17) is 9.47 Å². The molecule has 0 aromatic heterocycles. The molecule has 0 spiro atoms. The Labute approximate surface area is 125 Å². The second kappa shape index (κ2) is 6.20. The first kappa shape index (κ1) is 16.0. The molecule has 0 bridgehead atoms. The first-order valence-corrected chi connectivity index (χ1v) is 7.62. The van der Waals surface area contributed by atoms with Gasteiger partial charge in [0.25, 0.3) is 5.95 Å². The molecule has 0 radical (unpaired) electrons. The number of aliphatic hydroxyl groups is 2. The van der Waals surface area contributed by atoms with Crippen molar-refractivity contribution in [1.82, 2.24) is 0 Å². The summed E-state index contributed by atoms with van der Waals surface area (Å²) in [6.07, 6.45) is 4.16. The van der Waals surface area contributed by atoms with Crippen LogP contribution in [-0.2, 0) is 14.3 Å². The average molecular weight is 296 g/mol. The topological polar surface area (TPSA) is 76.0 Å². The van der Waals surface area contributed by atoms with E-state index >= 15 is 0 Å². The summed E-state index contributed by atoms with van der Waals surface area (Å²) in [6, 6.07) is 0. The van der Waals surface area contributed by atoms with E-state index in [-0.39, 0.29) is 17.3 Å². The molecule has 118 valence electrons. The van der Waals surface area contributed by atoms with Crippen molar-refractivity contribution in [3.63, 3.8) is 0 Å². The molecule has 2 rings (SSSR count). The summed E-state index contributed by atoms with van der Waals surface area (Å²) in [4.78, 5) is 11.8. The summed E-state index contributed by atoms with van der Waals surface area (Å²) in [5, 5.41) is 20.8. The molecule has 5 nitrogen and oxygen atoms in total. The van der Waals surface area contributed by atoms with Gasteiger partial charge in [0.1, 0.15) is 23.4 Å². The van der Waals surface area contributed by atoms with Gasteiger partial charge in [0.05, 0.1) is 0 Å². The largest absolute Gasteiger partial charge is 0.458 e. The summed E-state index contributed by atoms with van der Waals surface area (Å²) < 4.78 is 10.8. The molecular weight excluding hydrogens is 272 g/mol. The standard InChI is InChI=1S/C16H24O5/c1-4-5-6-7-8-9-11-16(3,19)14(18)12-13(17)10(2)20-15(12)21-11/h11,14,18-19H,2,4-9H2,1,3H3/t11-,14-,16+/m1/s1. The molecule has 0 aliphatic carbocycles.